The summed E-state index contributed by atoms with van der Waals surface area (Å²) in [4.78, 5) is 6.42. The van der Waals surface area contributed by atoms with E-state index < -0.39 is 0 Å². The summed E-state index contributed by atoms with van der Waals surface area (Å²) in [7, 11) is 5.77. The van der Waals surface area contributed by atoms with Crippen LogP contribution in [-0.2, 0) is 0 Å². The molecule has 0 radical (unpaired) electrons. The van der Waals surface area contributed by atoms with Gasteiger partial charge in [0.1, 0.15) is 5.69 Å². The van der Waals surface area contributed by atoms with Gasteiger partial charge in [0, 0.05) is 26.3 Å². The van der Waals surface area contributed by atoms with E-state index in [1.807, 2.05) is 20.2 Å². The van der Waals surface area contributed by atoms with Gasteiger partial charge in [-0.1, -0.05) is 19.3 Å². The highest BCUT2D eigenvalue weighted by atomic mass is 16.5. The molecule has 1 atom stereocenters. The molecule has 0 spiro atoms. The van der Waals surface area contributed by atoms with E-state index in [1.165, 1.54) is 32.1 Å². The van der Waals surface area contributed by atoms with Crippen LogP contribution in [0.25, 0.3) is 0 Å². The van der Waals surface area contributed by atoms with Crippen molar-refractivity contribution >= 4 is 11.4 Å². The maximum Gasteiger partial charge on any atom is 0.239 e. The van der Waals surface area contributed by atoms with E-state index in [0.29, 0.717) is 11.9 Å². The van der Waals surface area contributed by atoms with E-state index in [2.05, 4.69) is 22.1 Å². The zero-order valence-corrected chi connectivity index (χ0v) is 13.1. The second-order valence-corrected chi connectivity index (χ2v) is 5.94. The minimum absolute atomic E-state index is 0.451. The van der Waals surface area contributed by atoms with Crippen LogP contribution in [0.2, 0.25) is 0 Å². The van der Waals surface area contributed by atoms with Crippen molar-refractivity contribution < 1.29 is 4.74 Å². The summed E-state index contributed by atoms with van der Waals surface area (Å²) in [6, 6.07) is 2.48. The number of rotatable bonds is 5. The Morgan fingerprint density at radius 2 is 2.00 bits per heavy atom. The Morgan fingerprint density at radius 3 is 2.60 bits per heavy atom. The van der Waals surface area contributed by atoms with Gasteiger partial charge in [0.25, 0.3) is 0 Å². The van der Waals surface area contributed by atoms with Gasteiger partial charge in [-0.05, 0) is 31.7 Å². The fourth-order valence-corrected chi connectivity index (χ4v) is 3.08. The molecule has 0 aromatic carbocycles. The van der Waals surface area contributed by atoms with Crippen LogP contribution in [0.3, 0.4) is 0 Å². The van der Waals surface area contributed by atoms with Crippen molar-refractivity contribution in [1.82, 2.24) is 4.98 Å². The molecule has 0 aliphatic heterocycles. The molecule has 0 bridgehead atoms. The summed E-state index contributed by atoms with van der Waals surface area (Å²) in [6.45, 7) is 2.28. The van der Waals surface area contributed by atoms with Crippen molar-refractivity contribution in [1.29, 1.82) is 0 Å². The summed E-state index contributed by atoms with van der Waals surface area (Å²) >= 11 is 0. The molecule has 1 aromatic rings. The van der Waals surface area contributed by atoms with Crippen LogP contribution in [0.4, 0.5) is 11.4 Å². The van der Waals surface area contributed by atoms with E-state index in [0.717, 1.165) is 17.3 Å². The molecule has 4 nitrogen and oxygen atoms in total. The molecule has 0 saturated heterocycles. The predicted octanol–water partition coefficient (Wildman–Crippen LogP) is 3.54. The Balaban J connectivity index is 2.18. The van der Waals surface area contributed by atoms with Gasteiger partial charge >= 0.3 is 0 Å². The van der Waals surface area contributed by atoms with Crippen LogP contribution < -0.4 is 15.0 Å². The van der Waals surface area contributed by atoms with Crippen molar-refractivity contribution in [3.63, 3.8) is 0 Å². The molecule has 112 valence electrons. The van der Waals surface area contributed by atoms with Gasteiger partial charge in [-0.15, -0.1) is 0 Å². The molecule has 1 heterocycles. The largest absolute Gasteiger partial charge is 0.479 e. The lowest BCUT2D eigenvalue weighted by molar-refractivity contribution is 0.327. The molecule has 1 unspecified atom stereocenters. The zero-order valence-electron chi connectivity index (χ0n) is 13.1. The highest BCUT2D eigenvalue weighted by molar-refractivity contribution is 5.74. The fourth-order valence-electron chi connectivity index (χ4n) is 3.08. The number of pyridine rings is 1. The van der Waals surface area contributed by atoms with Gasteiger partial charge in [-0.3, -0.25) is 0 Å². The highest BCUT2D eigenvalue weighted by Crippen LogP contribution is 2.35. The molecule has 1 N–H and O–H groups in total. The molecular formula is C16H27N3O. The van der Waals surface area contributed by atoms with Crippen molar-refractivity contribution in [2.45, 2.75) is 45.1 Å². The number of aromatic nitrogens is 1. The second-order valence-electron chi connectivity index (χ2n) is 5.94. The predicted molar refractivity (Wildman–Crippen MR) is 84.8 cm³/mol. The minimum Gasteiger partial charge on any atom is -0.479 e. The molecule has 20 heavy (non-hydrogen) atoms. The SMILES string of the molecule is COc1nccc(N(C)C)c1NC(C)C1CCCCC1. The quantitative estimate of drug-likeness (QED) is 0.893. The fraction of sp³-hybridized carbons (Fsp3) is 0.688. The van der Waals surface area contributed by atoms with Gasteiger partial charge < -0.3 is 15.0 Å². The third-order valence-electron chi connectivity index (χ3n) is 4.30. The highest BCUT2D eigenvalue weighted by Gasteiger charge is 2.22. The Hall–Kier alpha value is -1.45. The maximum atomic E-state index is 5.42. The third-order valence-corrected chi connectivity index (χ3v) is 4.30. The molecule has 1 fully saturated rings. The van der Waals surface area contributed by atoms with E-state index in [4.69, 9.17) is 4.74 Å². The standard InChI is InChI=1S/C16H27N3O/c1-12(13-8-6-5-7-9-13)18-15-14(19(2)3)10-11-17-16(15)20-4/h10-13,18H,5-9H2,1-4H3. The van der Waals surface area contributed by atoms with Crippen molar-refractivity contribution in [2.24, 2.45) is 5.92 Å². The number of anilines is 2. The average molecular weight is 277 g/mol. The molecule has 1 saturated carbocycles. The van der Waals surface area contributed by atoms with Crippen LogP contribution >= 0.6 is 0 Å². The lowest BCUT2D eigenvalue weighted by Gasteiger charge is -2.30. The van der Waals surface area contributed by atoms with Crippen molar-refractivity contribution in [2.75, 3.05) is 31.4 Å². The van der Waals surface area contributed by atoms with Gasteiger partial charge in [0.15, 0.2) is 0 Å². The van der Waals surface area contributed by atoms with Gasteiger partial charge in [0.05, 0.1) is 12.8 Å². The third kappa shape index (κ3) is 3.35. The number of nitrogens with one attached hydrogen (secondary N) is 1. The topological polar surface area (TPSA) is 37.4 Å². The summed E-state index contributed by atoms with van der Waals surface area (Å²) in [5.41, 5.74) is 2.14. The molecule has 2 rings (SSSR count). The molecule has 1 aliphatic rings. The maximum absolute atomic E-state index is 5.42. The molecule has 1 aromatic heterocycles. The number of nitrogens with zero attached hydrogens (tertiary/aromatic N) is 2. The molecule has 4 heteroatoms. The first-order chi connectivity index (χ1) is 9.63. The Labute approximate surface area is 122 Å². The Kier molecular flexibility index (Phi) is 5.10. The van der Waals surface area contributed by atoms with Crippen LogP contribution in [0.1, 0.15) is 39.0 Å². The van der Waals surface area contributed by atoms with Gasteiger partial charge in [0.2, 0.25) is 5.88 Å². The van der Waals surface area contributed by atoms with Crippen molar-refractivity contribution in [3.05, 3.63) is 12.3 Å². The zero-order chi connectivity index (χ0) is 14.5. The molecule has 1 aliphatic carbocycles. The summed E-state index contributed by atoms with van der Waals surface area (Å²) in [6.07, 6.45) is 8.57. The Morgan fingerprint density at radius 1 is 1.30 bits per heavy atom. The van der Waals surface area contributed by atoms with Crippen molar-refractivity contribution in [3.8, 4) is 5.88 Å². The number of hydrogen-bond acceptors (Lipinski definition) is 4. The summed E-state index contributed by atoms with van der Waals surface area (Å²) < 4.78 is 5.42. The van der Waals surface area contributed by atoms with Crippen LogP contribution in [0.5, 0.6) is 5.88 Å². The minimum atomic E-state index is 0.451. The second kappa shape index (κ2) is 6.82. The van der Waals surface area contributed by atoms with Crippen LogP contribution in [0, 0.1) is 5.92 Å². The van der Waals surface area contributed by atoms with E-state index in [9.17, 15) is 0 Å². The lowest BCUT2D eigenvalue weighted by atomic mass is 9.84. The van der Waals surface area contributed by atoms with Gasteiger partial charge in [-0.2, -0.15) is 0 Å². The Bertz CT molecular complexity index is 428. The summed E-state index contributed by atoms with van der Waals surface area (Å²) in [5.74, 6) is 1.43. The molecule has 0 amide bonds. The lowest BCUT2D eigenvalue weighted by Crippen LogP contribution is -2.29. The van der Waals surface area contributed by atoms with Crippen LogP contribution in [-0.4, -0.2) is 32.2 Å². The van der Waals surface area contributed by atoms with Crippen LogP contribution in [0.15, 0.2) is 12.3 Å². The monoisotopic (exact) mass is 277 g/mol. The first-order valence-corrected chi connectivity index (χ1v) is 7.60. The number of methoxy groups -OCH3 is 1. The van der Waals surface area contributed by atoms with Gasteiger partial charge in [-0.25, -0.2) is 4.98 Å². The normalized spacial score (nSPS) is 17.6. The average Bonchev–Trinajstić information content (AvgIpc) is 2.48. The number of hydrogen-bond donors (Lipinski definition) is 1. The first-order valence-electron chi connectivity index (χ1n) is 7.60. The number of ether oxygens (including phenoxy) is 1. The smallest absolute Gasteiger partial charge is 0.239 e. The van der Waals surface area contributed by atoms with E-state index in [-0.39, 0.29) is 0 Å². The van der Waals surface area contributed by atoms with E-state index in [1.54, 1.807) is 13.3 Å². The first kappa shape index (κ1) is 14.9. The molecular weight excluding hydrogens is 250 g/mol. The van der Waals surface area contributed by atoms with E-state index >= 15 is 0 Å². The summed E-state index contributed by atoms with van der Waals surface area (Å²) in [5, 5.41) is 3.65.